The topological polar surface area (TPSA) is 40.5 Å². The highest BCUT2D eigenvalue weighted by Gasteiger charge is 2.39. The third-order valence-electron chi connectivity index (χ3n) is 5.27. The molecule has 3 nitrogen and oxygen atoms in total. The van der Waals surface area contributed by atoms with Crippen LogP contribution in [0.15, 0.2) is 0 Å². The van der Waals surface area contributed by atoms with Crippen molar-refractivity contribution in [2.75, 3.05) is 6.54 Å². The van der Waals surface area contributed by atoms with E-state index < -0.39 is 5.97 Å². The predicted octanol–water partition coefficient (Wildman–Crippen LogP) is 2.89. The molecule has 0 radical (unpaired) electrons. The van der Waals surface area contributed by atoms with Crippen molar-refractivity contribution in [3.8, 4) is 0 Å². The predicted molar refractivity (Wildman–Crippen MR) is 70.5 cm³/mol. The van der Waals surface area contributed by atoms with Gasteiger partial charge in [0.05, 0.1) is 0 Å². The molecule has 3 fully saturated rings. The second kappa shape index (κ2) is 5.20. The summed E-state index contributed by atoms with van der Waals surface area (Å²) in [5.41, 5.74) is 0. The highest BCUT2D eigenvalue weighted by atomic mass is 16.4. The number of piperidine rings is 1. The van der Waals surface area contributed by atoms with Gasteiger partial charge in [0, 0.05) is 6.04 Å². The average Bonchev–Trinajstić information content (AvgIpc) is 3.23. The first-order valence-corrected chi connectivity index (χ1v) is 7.74. The zero-order valence-electron chi connectivity index (χ0n) is 11.2. The van der Waals surface area contributed by atoms with E-state index >= 15 is 0 Å². The normalized spacial score (nSPS) is 38.6. The Hall–Kier alpha value is -0.570. The summed E-state index contributed by atoms with van der Waals surface area (Å²) in [6, 6.07) is 0.368. The summed E-state index contributed by atoms with van der Waals surface area (Å²) >= 11 is 0. The van der Waals surface area contributed by atoms with Gasteiger partial charge in [-0.25, -0.2) is 0 Å². The molecule has 3 aliphatic rings. The van der Waals surface area contributed by atoms with Crippen molar-refractivity contribution < 1.29 is 9.90 Å². The largest absolute Gasteiger partial charge is 0.480 e. The molecule has 102 valence electrons. The Kier molecular flexibility index (Phi) is 3.60. The zero-order chi connectivity index (χ0) is 12.5. The number of carboxylic acids is 1. The number of hydrogen-bond donors (Lipinski definition) is 1. The number of carboxylic acid groups (broad SMARTS) is 1. The standard InChI is InChI=1S/C15H25NO2/c17-15(18)14-6-1-2-9-16(14)13-5-3-4-12(10-13)11-7-8-11/h11-14H,1-10H2,(H,17,18). The third-order valence-corrected chi connectivity index (χ3v) is 5.27. The van der Waals surface area contributed by atoms with Gasteiger partial charge in [-0.1, -0.05) is 19.3 Å². The van der Waals surface area contributed by atoms with E-state index in [-0.39, 0.29) is 6.04 Å². The molecule has 3 rings (SSSR count). The minimum Gasteiger partial charge on any atom is -0.480 e. The molecule has 0 spiro atoms. The van der Waals surface area contributed by atoms with Crippen LogP contribution in [-0.2, 0) is 4.79 Å². The number of carbonyl (C=O) groups is 1. The summed E-state index contributed by atoms with van der Waals surface area (Å²) in [5.74, 6) is 1.30. The molecule has 0 aromatic rings. The lowest BCUT2D eigenvalue weighted by Crippen LogP contribution is -2.51. The molecule has 2 saturated carbocycles. The number of aliphatic carboxylic acids is 1. The molecule has 1 heterocycles. The van der Waals surface area contributed by atoms with E-state index in [4.69, 9.17) is 0 Å². The maximum atomic E-state index is 11.4. The van der Waals surface area contributed by atoms with Crippen molar-refractivity contribution in [1.29, 1.82) is 0 Å². The van der Waals surface area contributed by atoms with Crippen molar-refractivity contribution in [2.24, 2.45) is 11.8 Å². The van der Waals surface area contributed by atoms with Gasteiger partial charge >= 0.3 is 5.97 Å². The van der Waals surface area contributed by atoms with Gasteiger partial charge in [-0.3, -0.25) is 9.69 Å². The van der Waals surface area contributed by atoms with E-state index in [1.165, 1.54) is 44.9 Å². The molecule has 3 unspecified atom stereocenters. The van der Waals surface area contributed by atoms with Crippen LogP contribution in [0, 0.1) is 11.8 Å². The molecular weight excluding hydrogens is 226 g/mol. The molecule has 3 atom stereocenters. The summed E-state index contributed by atoms with van der Waals surface area (Å²) in [7, 11) is 0. The van der Waals surface area contributed by atoms with Crippen LogP contribution in [0.3, 0.4) is 0 Å². The second-order valence-electron chi connectivity index (χ2n) is 6.51. The first-order chi connectivity index (χ1) is 8.75. The van der Waals surface area contributed by atoms with Crippen LogP contribution in [0.5, 0.6) is 0 Å². The number of rotatable bonds is 3. The van der Waals surface area contributed by atoms with E-state index in [9.17, 15) is 9.90 Å². The summed E-state index contributed by atoms with van der Waals surface area (Å²) < 4.78 is 0. The summed E-state index contributed by atoms with van der Waals surface area (Å²) in [5, 5.41) is 9.39. The first kappa shape index (κ1) is 12.5. The van der Waals surface area contributed by atoms with Gasteiger partial charge in [0.25, 0.3) is 0 Å². The Morgan fingerprint density at radius 1 is 0.944 bits per heavy atom. The fraction of sp³-hybridized carbons (Fsp3) is 0.933. The van der Waals surface area contributed by atoms with Crippen LogP contribution in [0.4, 0.5) is 0 Å². The Balaban J connectivity index is 1.65. The Bertz CT molecular complexity index is 314. The van der Waals surface area contributed by atoms with Crippen LogP contribution >= 0.6 is 0 Å². The molecule has 1 N–H and O–H groups in total. The van der Waals surface area contributed by atoms with Crippen LogP contribution in [-0.4, -0.2) is 34.6 Å². The minimum atomic E-state index is -0.594. The zero-order valence-corrected chi connectivity index (χ0v) is 11.2. The summed E-state index contributed by atoms with van der Waals surface area (Å²) in [4.78, 5) is 13.7. The Morgan fingerprint density at radius 2 is 1.78 bits per heavy atom. The van der Waals surface area contributed by atoms with Crippen molar-refractivity contribution in [1.82, 2.24) is 4.90 Å². The van der Waals surface area contributed by atoms with Gasteiger partial charge in [0.2, 0.25) is 0 Å². The fourth-order valence-electron chi connectivity index (χ4n) is 4.15. The lowest BCUT2D eigenvalue weighted by atomic mass is 9.81. The van der Waals surface area contributed by atoms with Gasteiger partial charge in [-0.2, -0.15) is 0 Å². The molecule has 18 heavy (non-hydrogen) atoms. The molecule has 1 saturated heterocycles. The highest BCUT2D eigenvalue weighted by Crippen LogP contribution is 2.45. The lowest BCUT2D eigenvalue weighted by molar-refractivity contribution is -0.146. The van der Waals surface area contributed by atoms with Gasteiger partial charge in [-0.15, -0.1) is 0 Å². The molecule has 2 aliphatic carbocycles. The fourth-order valence-corrected chi connectivity index (χ4v) is 4.15. The molecular formula is C15H25NO2. The second-order valence-corrected chi connectivity index (χ2v) is 6.51. The number of likely N-dealkylation sites (tertiary alicyclic amines) is 1. The van der Waals surface area contributed by atoms with Crippen LogP contribution in [0.25, 0.3) is 0 Å². The van der Waals surface area contributed by atoms with Gasteiger partial charge in [0.15, 0.2) is 0 Å². The van der Waals surface area contributed by atoms with Crippen molar-refractivity contribution in [3.63, 3.8) is 0 Å². The smallest absolute Gasteiger partial charge is 0.320 e. The van der Waals surface area contributed by atoms with Crippen molar-refractivity contribution in [3.05, 3.63) is 0 Å². The van der Waals surface area contributed by atoms with Crippen LogP contribution < -0.4 is 0 Å². The molecule has 3 heteroatoms. The van der Waals surface area contributed by atoms with E-state index in [1.54, 1.807) is 0 Å². The third kappa shape index (κ3) is 2.56. The lowest BCUT2D eigenvalue weighted by Gasteiger charge is -2.42. The van der Waals surface area contributed by atoms with E-state index in [1.807, 2.05) is 0 Å². The SMILES string of the molecule is O=C(O)C1CCCCN1C1CCCC(C2CC2)C1. The molecule has 0 amide bonds. The maximum Gasteiger partial charge on any atom is 0.320 e. The van der Waals surface area contributed by atoms with E-state index in [0.29, 0.717) is 6.04 Å². The number of nitrogens with zero attached hydrogens (tertiary/aromatic N) is 1. The van der Waals surface area contributed by atoms with Gasteiger partial charge in [0.1, 0.15) is 6.04 Å². The highest BCUT2D eigenvalue weighted by molar-refractivity contribution is 5.73. The monoisotopic (exact) mass is 251 g/mol. The van der Waals surface area contributed by atoms with Crippen molar-refractivity contribution in [2.45, 2.75) is 69.9 Å². The van der Waals surface area contributed by atoms with Crippen molar-refractivity contribution >= 4 is 5.97 Å². The average molecular weight is 251 g/mol. The summed E-state index contributed by atoms with van der Waals surface area (Å²) in [6.07, 6.45) is 11.2. The summed E-state index contributed by atoms with van der Waals surface area (Å²) in [6.45, 7) is 1.01. The molecule has 0 aromatic heterocycles. The number of hydrogen-bond acceptors (Lipinski definition) is 2. The van der Waals surface area contributed by atoms with Crippen LogP contribution in [0.1, 0.15) is 57.8 Å². The Labute approximate surface area is 110 Å². The minimum absolute atomic E-state index is 0.193. The van der Waals surface area contributed by atoms with Gasteiger partial charge in [-0.05, 0) is 56.9 Å². The van der Waals surface area contributed by atoms with E-state index in [2.05, 4.69) is 4.90 Å². The van der Waals surface area contributed by atoms with E-state index in [0.717, 1.165) is 31.2 Å². The Morgan fingerprint density at radius 3 is 2.50 bits per heavy atom. The first-order valence-electron chi connectivity index (χ1n) is 7.74. The van der Waals surface area contributed by atoms with Gasteiger partial charge < -0.3 is 5.11 Å². The quantitative estimate of drug-likeness (QED) is 0.838. The molecule has 0 aromatic carbocycles. The van der Waals surface area contributed by atoms with Crippen LogP contribution in [0.2, 0.25) is 0 Å². The molecule has 0 bridgehead atoms. The molecule has 1 aliphatic heterocycles. The maximum absolute atomic E-state index is 11.4.